The highest BCUT2D eigenvalue weighted by atomic mass is 32.2. The fourth-order valence-corrected chi connectivity index (χ4v) is 1.20. The number of rotatable bonds is 2. The van der Waals surface area contributed by atoms with Gasteiger partial charge in [-0.3, -0.25) is 4.55 Å². The summed E-state index contributed by atoms with van der Waals surface area (Å²) in [6, 6.07) is 0.292. The first-order valence-electron chi connectivity index (χ1n) is 2.57. The molecule has 8 heavy (non-hydrogen) atoms. The van der Waals surface area contributed by atoms with Gasteiger partial charge in [-0.15, -0.1) is 0 Å². The zero-order valence-corrected chi connectivity index (χ0v) is 5.44. The van der Waals surface area contributed by atoms with Gasteiger partial charge in [0.05, 0.1) is 0 Å². The second-order valence-corrected chi connectivity index (χ2v) is 2.92. The zero-order valence-electron chi connectivity index (χ0n) is 4.63. The Morgan fingerprint density at radius 3 is 2.50 bits per heavy atom. The molecule has 2 unspecified atom stereocenters. The Hall–Kier alpha value is 0.0700. The van der Waals surface area contributed by atoms with Crippen LogP contribution in [0.2, 0.25) is 0 Å². The number of hydrogen-bond donors (Lipinski definition) is 2. The molecule has 3 atom stereocenters. The Morgan fingerprint density at radius 2 is 2.38 bits per heavy atom. The number of hydrogen-bond acceptors (Lipinski definition) is 1. The van der Waals surface area contributed by atoms with E-state index in [1.807, 2.05) is 6.92 Å². The average Bonchev–Trinajstić information content (AvgIpc) is 2.17. The van der Waals surface area contributed by atoms with Gasteiger partial charge < -0.3 is 0 Å². The van der Waals surface area contributed by atoms with E-state index in [2.05, 4.69) is 4.72 Å². The SMILES string of the molecule is CC1C[C@@H]1NS(=O)O. The third-order valence-corrected chi connectivity index (χ3v) is 1.87. The number of nitrogens with one attached hydrogen (secondary N) is 1. The van der Waals surface area contributed by atoms with E-state index in [-0.39, 0.29) is 0 Å². The smallest absolute Gasteiger partial charge is 0.231 e. The average molecular weight is 135 g/mol. The van der Waals surface area contributed by atoms with Crippen molar-refractivity contribution in [3.8, 4) is 0 Å². The van der Waals surface area contributed by atoms with Gasteiger partial charge in [0.25, 0.3) is 0 Å². The standard InChI is InChI=1S/C4H9NO2S/c1-3-2-4(3)5-8(6)7/h3-5H,2H2,1H3,(H,6,7)/t3?,4-/m0/s1. The molecule has 3 nitrogen and oxygen atoms in total. The Bertz CT molecular complexity index is 117. The van der Waals surface area contributed by atoms with Crippen LogP contribution in [0.25, 0.3) is 0 Å². The highest BCUT2D eigenvalue weighted by Crippen LogP contribution is 2.28. The van der Waals surface area contributed by atoms with E-state index in [0.29, 0.717) is 12.0 Å². The Balaban J connectivity index is 2.14. The molecular formula is C4H9NO2S. The summed E-state index contributed by atoms with van der Waals surface area (Å²) in [6.07, 6.45) is 1.03. The molecule has 1 aliphatic carbocycles. The van der Waals surface area contributed by atoms with Crippen LogP contribution < -0.4 is 4.72 Å². The van der Waals surface area contributed by atoms with Crippen molar-refractivity contribution >= 4 is 11.3 Å². The van der Waals surface area contributed by atoms with Gasteiger partial charge in [0.15, 0.2) is 0 Å². The molecule has 0 spiro atoms. The molecule has 1 aliphatic rings. The second-order valence-electron chi connectivity index (χ2n) is 2.19. The van der Waals surface area contributed by atoms with E-state index in [9.17, 15) is 4.21 Å². The Kier molecular flexibility index (Phi) is 1.65. The van der Waals surface area contributed by atoms with Crippen LogP contribution in [-0.2, 0) is 11.3 Å². The maximum absolute atomic E-state index is 10.00. The van der Waals surface area contributed by atoms with Crippen LogP contribution in [0, 0.1) is 5.92 Å². The first-order chi connectivity index (χ1) is 3.70. The van der Waals surface area contributed by atoms with Gasteiger partial charge in [0.2, 0.25) is 11.3 Å². The fraction of sp³-hybridized carbons (Fsp3) is 1.00. The van der Waals surface area contributed by atoms with Crippen LogP contribution in [0.5, 0.6) is 0 Å². The van der Waals surface area contributed by atoms with Crippen molar-refractivity contribution < 1.29 is 8.76 Å². The lowest BCUT2D eigenvalue weighted by Crippen LogP contribution is -2.19. The molecule has 0 aromatic carbocycles. The van der Waals surface area contributed by atoms with Crippen LogP contribution in [0.3, 0.4) is 0 Å². The van der Waals surface area contributed by atoms with E-state index in [1.54, 1.807) is 0 Å². The molecule has 1 fully saturated rings. The van der Waals surface area contributed by atoms with Gasteiger partial charge in [-0.1, -0.05) is 6.92 Å². The fourth-order valence-electron chi connectivity index (χ4n) is 0.616. The molecule has 1 saturated carbocycles. The van der Waals surface area contributed by atoms with Crippen LogP contribution in [-0.4, -0.2) is 14.8 Å². The van der Waals surface area contributed by atoms with Crippen molar-refractivity contribution in [1.29, 1.82) is 0 Å². The summed E-state index contributed by atoms with van der Waals surface area (Å²) in [5.41, 5.74) is 0. The Morgan fingerprint density at radius 1 is 1.88 bits per heavy atom. The molecule has 4 heteroatoms. The molecule has 0 aromatic rings. The lowest BCUT2D eigenvalue weighted by Gasteiger charge is -1.91. The minimum absolute atomic E-state index is 0.292. The van der Waals surface area contributed by atoms with Crippen LogP contribution in [0.15, 0.2) is 0 Å². The molecule has 48 valence electrons. The van der Waals surface area contributed by atoms with Crippen LogP contribution in [0.4, 0.5) is 0 Å². The van der Waals surface area contributed by atoms with Gasteiger partial charge in [0.1, 0.15) is 0 Å². The summed E-state index contributed by atoms with van der Waals surface area (Å²) in [5, 5.41) is 0. The van der Waals surface area contributed by atoms with E-state index >= 15 is 0 Å². The van der Waals surface area contributed by atoms with Gasteiger partial charge in [-0.05, 0) is 12.3 Å². The highest BCUT2D eigenvalue weighted by Gasteiger charge is 2.33. The van der Waals surface area contributed by atoms with Crippen molar-refractivity contribution in [1.82, 2.24) is 4.72 Å². The lowest BCUT2D eigenvalue weighted by atomic mass is 10.5. The van der Waals surface area contributed by atoms with Crippen molar-refractivity contribution in [3.05, 3.63) is 0 Å². The third-order valence-electron chi connectivity index (χ3n) is 1.36. The summed E-state index contributed by atoms with van der Waals surface area (Å²) in [5.74, 6) is 0.589. The molecule has 2 N–H and O–H groups in total. The van der Waals surface area contributed by atoms with E-state index in [0.717, 1.165) is 6.42 Å². The molecule has 0 aliphatic heterocycles. The van der Waals surface area contributed by atoms with Gasteiger partial charge in [0, 0.05) is 6.04 Å². The van der Waals surface area contributed by atoms with E-state index in [4.69, 9.17) is 4.55 Å². The van der Waals surface area contributed by atoms with Crippen molar-refractivity contribution in [3.63, 3.8) is 0 Å². The quantitative estimate of drug-likeness (QED) is 0.528. The minimum atomic E-state index is -1.80. The summed E-state index contributed by atoms with van der Waals surface area (Å²) in [6.45, 7) is 2.05. The first-order valence-corrected chi connectivity index (χ1v) is 3.68. The monoisotopic (exact) mass is 135 g/mol. The van der Waals surface area contributed by atoms with Crippen LogP contribution >= 0.6 is 0 Å². The lowest BCUT2D eigenvalue weighted by molar-refractivity contribution is 0.546. The molecule has 0 radical (unpaired) electrons. The van der Waals surface area contributed by atoms with Crippen molar-refractivity contribution in [2.75, 3.05) is 0 Å². The van der Waals surface area contributed by atoms with Crippen LogP contribution in [0.1, 0.15) is 13.3 Å². The maximum atomic E-state index is 10.00. The molecule has 0 heterocycles. The second kappa shape index (κ2) is 2.13. The molecule has 0 aromatic heterocycles. The van der Waals surface area contributed by atoms with Gasteiger partial charge in [-0.25, -0.2) is 8.93 Å². The summed E-state index contributed by atoms with van der Waals surface area (Å²) in [4.78, 5) is 0. The summed E-state index contributed by atoms with van der Waals surface area (Å²) in [7, 11) is 0. The predicted octanol–water partition coefficient (Wildman–Crippen LogP) is 0.121. The molecule has 0 amide bonds. The highest BCUT2D eigenvalue weighted by molar-refractivity contribution is 7.77. The Labute approximate surface area is 50.9 Å². The summed E-state index contributed by atoms with van der Waals surface area (Å²) < 4.78 is 20.7. The topological polar surface area (TPSA) is 49.3 Å². The van der Waals surface area contributed by atoms with Gasteiger partial charge >= 0.3 is 0 Å². The maximum Gasteiger partial charge on any atom is 0.231 e. The van der Waals surface area contributed by atoms with Gasteiger partial charge in [-0.2, -0.15) is 0 Å². The van der Waals surface area contributed by atoms with E-state index < -0.39 is 11.3 Å². The molecule has 1 rings (SSSR count). The van der Waals surface area contributed by atoms with E-state index in [1.165, 1.54) is 0 Å². The van der Waals surface area contributed by atoms with Crippen molar-refractivity contribution in [2.45, 2.75) is 19.4 Å². The first kappa shape index (κ1) is 6.19. The predicted molar refractivity (Wildman–Crippen MR) is 31.5 cm³/mol. The summed E-state index contributed by atoms with van der Waals surface area (Å²) >= 11 is -1.80. The zero-order chi connectivity index (χ0) is 6.15. The molecular weight excluding hydrogens is 126 g/mol. The molecule has 0 saturated heterocycles. The largest absolute Gasteiger partial charge is 0.294 e. The normalized spacial score (nSPS) is 39.2. The minimum Gasteiger partial charge on any atom is -0.294 e. The third kappa shape index (κ3) is 1.54. The molecule has 0 bridgehead atoms. The van der Waals surface area contributed by atoms with Crippen molar-refractivity contribution in [2.24, 2.45) is 5.92 Å².